The van der Waals surface area contributed by atoms with Crippen molar-refractivity contribution in [2.24, 2.45) is 0 Å². The zero-order valence-electron chi connectivity index (χ0n) is 9.49. The Morgan fingerprint density at radius 1 is 1.12 bits per heavy atom. The number of fused-ring (bicyclic) bond motifs is 1. The summed E-state index contributed by atoms with van der Waals surface area (Å²) in [5.74, 6) is 0. The molecule has 2 fully saturated rings. The van der Waals surface area contributed by atoms with E-state index >= 15 is 0 Å². The van der Waals surface area contributed by atoms with Gasteiger partial charge in [-0.3, -0.25) is 0 Å². The molecule has 3 rings (SSSR count). The zero-order valence-corrected chi connectivity index (χ0v) is 9.49. The molecule has 2 aliphatic heterocycles. The Labute approximate surface area is 100 Å². The molecule has 2 saturated heterocycles. The summed E-state index contributed by atoms with van der Waals surface area (Å²) in [7, 11) is 0. The van der Waals surface area contributed by atoms with Crippen molar-refractivity contribution in [3.63, 3.8) is 0 Å². The van der Waals surface area contributed by atoms with Gasteiger partial charge < -0.3 is 19.3 Å². The highest BCUT2D eigenvalue weighted by molar-refractivity contribution is 5.13. The third-order valence-electron chi connectivity index (χ3n) is 3.29. The number of aliphatic hydroxyl groups excluding tert-OH is 1. The van der Waals surface area contributed by atoms with E-state index in [1.165, 1.54) is 0 Å². The fourth-order valence-corrected chi connectivity index (χ4v) is 2.36. The molecule has 2 aliphatic rings. The van der Waals surface area contributed by atoms with E-state index in [1.54, 1.807) is 0 Å². The highest BCUT2D eigenvalue weighted by atomic mass is 16.6. The first-order valence-electron chi connectivity index (χ1n) is 5.91. The minimum Gasteiger partial charge on any atom is -0.388 e. The van der Waals surface area contributed by atoms with Crippen LogP contribution in [0.1, 0.15) is 5.56 Å². The van der Waals surface area contributed by atoms with Crippen LogP contribution in [0.15, 0.2) is 30.3 Å². The lowest BCUT2D eigenvalue weighted by Crippen LogP contribution is -2.32. The van der Waals surface area contributed by atoms with Crippen LogP contribution in [0, 0.1) is 0 Å². The van der Waals surface area contributed by atoms with Crippen LogP contribution in [0.5, 0.6) is 0 Å². The molecule has 0 amide bonds. The number of benzene rings is 1. The summed E-state index contributed by atoms with van der Waals surface area (Å²) in [6.07, 6.45) is -0.910. The summed E-state index contributed by atoms with van der Waals surface area (Å²) in [5, 5.41) is 9.60. The predicted octanol–water partition coefficient (Wildman–Crippen LogP) is 0.730. The minimum atomic E-state index is -0.509. The van der Waals surface area contributed by atoms with Crippen LogP contribution in [0.4, 0.5) is 0 Å². The molecule has 0 spiro atoms. The van der Waals surface area contributed by atoms with Gasteiger partial charge in [-0.1, -0.05) is 30.3 Å². The van der Waals surface area contributed by atoms with E-state index in [0.717, 1.165) is 5.56 Å². The smallest absolute Gasteiger partial charge is 0.115 e. The summed E-state index contributed by atoms with van der Waals surface area (Å²) >= 11 is 0. The second kappa shape index (κ2) is 4.74. The molecule has 0 aromatic heterocycles. The fourth-order valence-electron chi connectivity index (χ4n) is 2.36. The lowest BCUT2D eigenvalue weighted by Gasteiger charge is -2.16. The van der Waals surface area contributed by atoms with Gasteiger partial charge in [0.1, 0.15) is 24.4 Å². The van der Waals surface area contributed by atoms with Crippen LogP contribution in [0.2, 0.25) is 0 Å². The summed E-state index contributed by atoms with van der Waals surface area (Å²) in [6, 6.07) is 10.0. The van der Waals surface area contributed by atoms with Gasteiger partial charge in [-0.2, -0.15) is 0 Å². The van der Waals surface area contributed by atoms with Gasteiger partial charge in [-0.05, 0) is 5.56 Å². The SMILES string of the molecule is O[C@@H]1COC2C1OC[C@H]2OCc1ccccc1. The second-order valence-corrected chi connectivity index (χ2v) is 4.50. The average Bonchev–Trinajstić information content (AvgIpc) is 2.92. The maximum absolute atomic E-state index is 9.60. The van der Waals surface area contributed by atoms with Gasteiger partial charge in [0.15, 0.2) is 0 Å². The molecule has 2 heterocycles. The second-order valence-electron chi connectivity index (χ2n) is 4.50. The molecule has 0 bridgehead atoms. The summed E-state index contributed by atoms with van der Waals surface area (Å²) in [6.45, 7) is 1.40. The van der Waals surface area contributed by atoms with Gasteiger partial charge in [0.2, 0.25) is 0 Å². The highest BCUT2D eigenvalue weighted by Crippen LogP contribution is 2.29. The van der Waals surface area contributed by atoms with Crippen molar-refractivity contribution in [2.75, 3.05) is 13.2 Å². The molecule has 1 aromatic rings. The molecule has 4 heteroatoms. The van der Waals surface area contributed by atoms with E-state index in [-0.39, 0.29) is 18.3 Å². The van der Waals surface area contributed by atoms with Crippen LogP contribution in [0.3, 0.4) is 0 Å². The van der Waals surface area contributed by atoms with Crippen molar-refractivity contribution in [1.29, 1.82) is 0 Å². The molecule has 4 atom stereocenters. The zero-order chi connectivity index (χ0) is 11.7. The van der Waals surface area contributed by atoms with Gasteiger partial charge in [0, 0.05) is 0 Å². The topological polar surface area (TPSA) is 47.9 Å². The third kappa shape index (κ3) is 2.21. The van der Waals surface area contributed by atoms with Crippen LogP contribution in [-0.4, -0.2) is 42.7 Å². The molecule has 0 saturated carbocycles. The van der Waals surface area contributed by atoms with Crippen LogP contribution < -0.4 is 0 Å². The quantitative estimate of drug-likeness (QED) is 0.840. The van der Waals surface area contributed by atoms with Crippen molar-refractivity contribution in [3.8, 4) is 0 Å². The van der Waals surface area contributed by atoms with E-state index in [4.69, 9.17) is 14.2 Å². The number of aliphatic hydroxyl groups is 1. The normalized spacial score (nSPS) is 36.1. The van der Waals surface area contributed by atoms with Gasteiger partial charge >= 0.3 is 0 Å². The van der Waals surface area contributed by atoms with Gasteiger partial charge in [-0.15, -0.1) is 0 Å². The van der Waals surface area contributed by atoms with Gasteiger partial charge in [-0.25, -0.2) is 0 Å². The lowest BCUT2D eigenvalue weighted by atomic mass is 10.1. The predicted molar refractivity (Wildman–Crippen MR) is 60.5 cm³/mol. The van der Waals surface area contributed by atoms with E-state index < -0.39 is 6.10 Å². The fraction of sp³-hybridized carbons (Fsp3) is 0.538. The molecule has 17 heavy (non-hydrogen) atoms. The number of rotatable bonds is 3. The summed E-state index contributed by atoms with van der Waals surface area (Å²) in [4.78, 5) is 0. The molecule has 0 aliphatic carbocycles. The maximum atomic E-state index is 9.60. The van der Waals surface area contributed by atoms with Crippen molar-refractivity contribution in [2.45, 2.75) is 31.0 Å². The molecule has 92 valence electrons. The average molecular weight is 236 g/mol. The summed E-state index contributed by atoms with van der Waals surface area (Å²) in [5.41, 5.74) is 1.13. The molecular formula is C13H16O4. The molecule has 1 aromatic carbocycles. The standard InChI is InChI=1S/C13H16O4/c14-10-7-16-13-11(8-17-12(10)13)15-6-9-4-2-1-3-5-9/h1-5,10-14H,6-8H2/t10-,11-,12?,13?/m1/s1. The molecular weight excluding hydrogens is 220 g/mol. The maximum Gasteiger partial charge on any atom is 0.115 e. The van der Waals surface area contributed by atoms with E-state index in [2.05, 4.69) is 0 Å². The van der Waals surface area contributed by atoms with Crippen LogP contribution in [-0.2, 0) is 20.8 Å². The molecule has 4 nitrogen and oxygen atoms in total. The Kier molecular flexibility index (Phi) is 3.11. The van der Waals surface area contributed by atoms with Crippen molar-refractivity contribution in [3.05, 3.63) is 35.9 Å². The number of hydrogen-bond donors (Lipinski definition) is 1. The Morgan fingerprint density at radius 2 is 1.88 bits per heavy atom. The highest BCUT2D eigenvalue weighted by Gasteiger charge is 2.47. The Balaban J connectivity index is 1.57. The summed E-state index contributed by atoms with van der Waals surface area (Å²) < 4.78 is 16.8. The minimum absolute atomic E-state index is 0.0719. The first kappa shape index (κ1) is 11.2. The third-order valence-corrected chi connectivity index (χ3v) is 3.29. The Morgan fingerprint density at radius 3 is 2.71 bits per heavy atom. The van der Waals surface area contributed by atoms with Crippen molar-refractivity contribution in [1.82, 2.24) is 0 Å². The Bertz CT molecular complexity index is 367. The Hall–Kier alpha value is -0.940. The van der Waals surface area contributed by atoms with E-state index in [0.29, 0.717) is 19.8 Å². The van der Waals surface area contributed by atoms with Crippen LogP contribution >= 0.6 is 0 Å². The molecule has 2 unspecified atom stereocenters. The monoisotopic (exact) mass is 236 g/mol. The lowest BCUT2D eigenvalue weighted by molar-refractivity contribution is -0.0439. The van der Waals surface area contributed by atoms with E-state index in [9.17, 15) is 5.11 Å². The number of ether oxygens (including phenoxy) is 3. The molecule has 1 N–H and O–H groups in total. The van der Waals surface area contributed by atoms with Gasteiger partial charge in [0.05, 0.1) is 19.8 Å². The first-order valence-corrected chi connectivity index (χ1v) is 5.91. The van der Waals surface area contributed by atoms with E-state index in [1.807, 2.05) is 30.3 Å². The first-order chi connectivity index (χ1) is 8.34. The van der Waals surface area contributed by atoms with Crippen molar-refractivity contribution >= 4 is 0 Å². The molecule has 0 radical (unpaired) electrons. The van der Waals surface area contributed by atoms with Crippen LogP contribution in [0.25, 0.3) is 0 Å². The number of hydrogen-bond acceptors (Lipinski definition) is 4. The van der Waals surface area contributed by atoms with Gasteiger partial charge in [0.25, 0.3) is 0 Å². The van der Waals surface area contributed by atoms with Crippen molar-refractivity contribution < 1.29 is 19.3 Å². The largest absolute Gasteiger partial charge is 0.388 e.